The van der Waals surface area contributed by atoms with Crippen molar-refractivity contribution in [2.24, 2.45) is 0 Å². The Morgan fingerprint density at radius 2 is 1.35 bits per heavy atom. The third-order valence-electron chi connectivity index (χ3n) is 4.03. The van der Waals surface area contributed by atoms with Gasteiger partial charge in [-0.2, -0.15) is 0 Å². The first-order chi connectivity index (χ1) is 11.1. The smallest absolute Gasteiger partial charge is 0.308 e. The van der Waals surface area contributed by atoms with Gasteiger partial charge in [0.15, 0.2) is 0 Å². The zero-order chi connectivity index (χ0) is 16.0. The summed E-state index contributed by atoms with van der Waals surface area (Å²) in [5, 5.41) is 7.09. The second-order valence-corrected chi connectivity index (χ2v) is 6.48. The Labute approximate surface area is 141 Å². The molecule has 2 nitrogen and oxygen atoms in total. The van der Waals surface area contributed by atoms with E-state index in [1.807, 2.05) is 18.2 Å². The van der Waals surface area contributed by atoms with Crippen molar-refractivity contribution in [3.63, 3.8) is 0 Å². The van der Waals surface area contributed by atoms with Gasteiger partial charge in [-0.25, -0.2) is 0 Å². The fraction of sp³-hybridized carbons (Fsp3) is 0.0500. The van der Waals surface area contributed by atoms with Crippen molar-refractivity contribution >= 4 is 54.2 Å². The van der Waals surface area contributed by atoms with E-state index in [1.54, 1.807) is 0 Å². The van der Waals surface area contributed by atoms with Crippen LogP contribution < -0.4 is 4.74 Å². The Morgan fingerprint density at radius 1 is 0.783 bits per heavy atom. The van der Waals surface area contributed by atoms with E-state index in [0.717, 1.165) is 15.2 Å². The fourth-order valence-electron chi connectivity index (χ4n) is 3.07. The van der Waals surface area contributed by atoms with Crippen molar-refractivity contribution in [1.29, 1.82) is 0 Å². The lowest BCUT2D eigenvalue weighted by molar-refractivity contribution is -0.131. The highest BCUT2D eigenvalue weighted by atomic mass is 79.9. The van der Waals surface area contributed by atoms with E-state index in [1.165, 1.54) is 28.5 Å². The van der Waals surface area contributed by atoms with Crippen molar-refractivity contribution in [1.82, 2.24) is 0 Å². The highest BCUT2D eigenvalue weighted by Gasteiger charge is 2.07. The van der Waals surface area contributed by atoms with Crippen LogP contribution in [0.4, 0.5) is 0 Å². The van der Waals surface area contributed by atoms with Crippen LogP contribution in [-0.4, -0.2) is 5.97 Å². The van der Waals surface area contributed by atoms with E-state index in [0.29, 0.717) is 5.75 Å². The van der Waals surface area contributed by atoms with E-state index < -0.39 is 0 Å². The van der Waals surface area contributed by atoms with E-state index >= 15 is 0 Å². The number of carbonyl (C=O) groups excluding carboxylic acids is 1. The first-order valence-corrected chi connectivity index (χ1v) is 8.14. The Bertz CT molecular complexity index is 1080. The molecule has 0 N–H and O–H groups in total. The highest BCUT2D eigenvalue weighted by molar-refractivity contribution is 9.10. The number of ether oxygens (including phenoxy) is 1. The zero-order valence-electron chi connectivity index (χ0n) is 12.5. The predicted molar refractivity (Wildman–Crippen MR) is 98.0 cm³/mol. The number of halogens is 1. The van der Waals surface area contributed by atoms with Gasteiger partial charge >= 0.3 is 5.97 Å². The summed E-state index contributed by atoms with van der Waals surface area (Å²) in [6.45, 7) is 1.41. The maximum absolute atomic E-state index is 11.1. The number of fused-ring (bicyclic) bond motifs is 5. The maximum atomic E-state index is 11.1. The molecule has 3 heteroatoms. The lowest BCUT2D eigenvalue weighted by Crippen LogP contribution is -2.00. The number of benzene rings is 4. The summed E-state index contributed by atoms with van der Waals surface area (Å²) in [7, 11) is 0. The van der Waals surface area contributed by atoms with E-state index in [9.17, 15) is 4.79 Å². The first kappa shape index (κ1) is 14.2. The van der Waals surface area contributed by atoms with Crippen molar-refractivity contribution in [2.45, 2.75) is 6.92 Å². The minimum atomic E-state index is -0.304. The van der Waals surface area contributed by atoms with Gasteiger partial charge in [0, 0.05) is 11.4 Å². The van der Waals surface area contributed by atoms with Gasteiger partial charge in [-0.3, -0.25) is 4.79 Å². The summed E-state index contributed by atoms with van der Waals surface area (Å²) in [4.78, 5) is 11.1. The third-order valence-corrected chi connectivity index (χ3v) is 4.52. The normalized spacial score (nSPS) is 11.2. The minimum Gasteiger partial charge on any atom is -0.427 e. The van der Waals surface area contributed by atoms with Gasteiger partial charge in [0.1, 0.15) is 5.75 Å². The van der Waals surface area contributed by atoms with Crippen LogP contribution in [0.3, 0.4) is 0 Å². The average molecular weight is 365 g/mol. The van der Waals surface area contributed by atoms with Gasteiger partial charge in [0.2, 0.25) is 0 Å². The fourth-order valence-corrected chi connectivity index (χ4v) is 3.44. The summed E-state index contributed by atoms with van der Waals surface area (Å²) < 4.78 is 6.25. The van der Waals surface area contributed by atoms with Gasteiger partial charge in [0.05, 0.1) is 0 Å². The zero-order valence-corrected chi connectivity index (χ0v) is 14.1. The molecule has 112 valence electrons. The molecule has 0 unspecified atom stereocenters. The molecular formula is C20H13BrO2. The molecule has 0 fully saturated rings. The number of hydrogen-bond donors (Lipinski definition) is 0. The topological polar surface area (TPSA) is 26.3 Å². The molecule has 4 aromatic rings. The number of rotatable bonds is 1. The van der Waals surface area contributed by atoms with Crippen LogP contribution >= 0.6 is 15.9 Å². The SMILES string of the molecule is CC(=O)Oc1ccc2c(ccc3c4ccc(Br)cc4ccc23)c1. The highest BCUT2D eigenvalue weighted by Crippen LogP contribution is 2.33. The number of carbonyl (C=O) groups is 1. The summed E-state index contributed by atoms with van der Waals surface area (Å²) >= 11 is 3.52. The maximum Gasteiger partial charge on any atom is 0.308 e. The molecule has 0 saturated heterocycles. The second-order valence-electron chi connectivity index (χ2n) is 5.57. The van der Waals surface area contributed by atoms with Crippen LogP contribution in [-0.2, 0) is 4.79 Å². The van der Waals surface area contributed by atoms with E-state index in [-0.39, 0.29) is 5.97 Å². The monoisotopic (exact) mass is 364 g/mol. The summed E-state index contributed by atoms with van der Waals surface area (Å²) in [6.07, 6.45) is 0. The number of hydrogen-bond acceptors (Lipinski definition) is 2. The van der Waals surface area contributed by atoms with Crippen LogP contribution in [0.5, 0.6) is 5.75 Å². The molecule has 0 saturated carbocycles. The predicted octanol–water partition coefficient (Wildman–Crippen LogP) is 5.83. The van der Waals surface area contributed by atoms with E-state index in [4.69, 9.17) is 4.74 Å². The molecular weight excluding hydrogens is 352 g/mol. The van der Waals surface area contributed by atoms with Gasteiger partial charge in [-0.05, 0) is 56.6 Å². The summed E-state index contributed by atoms with van der Waals surface area (Å²) in [5.74, 6) is 0.274. The van der Waals surface area contributed by atoms with Crippen LogP contribution in [0.2, 0.25) is 0 Å². The van der Waals surface area contributed by atoms with Crippen LogP contribution in [0.1, 0.15) is 6.92 Å². The summed E-state index contributed by atoms with van der Waals surface area (Å²) in [6, 6.07) is 20.6. The van der Waals surface area contributed by atoms with Crippen LogP contribution in [0.25, 0.3) is 32.3 Å². The van der Waals surface area contributed by atoms with Crippen molar-refractivity contribution in [3.05, 3.63) is 65.1 Å². The van der Waals surface area contributed by atoms with Crippen LogP contribution in [0.15, 0.2) is 65.1 Å². The van der Waals surface area contributed by atoms with Crippen molar-refractivity contribution < 1.29 is 9.53 Å². The second kappa shape index (κ2) is 5.36. The first-order valence-electron chi connectivity index (χ1n) is 7.35. The average Bonchev–Trinajstić information content (AvgIpc) is 2.53. The van der Waals surface area contributed by atoms with Gasteiger partial charge in [-0.15, -0.1) is 0 Å². The Balaban J connectivity index is 2.01. The molecule has 0 spiro atoms. The molecule has 23 heavy (non-hydrogen) atoms. The van der Waals surface area contributed by atoms with Crippen molar-refractivity contribution in [3.8, 4) is 5.75 Å². The molecule has 0 aliphatic rings. The Kier molecular flexibility index (Phi) is 3.31. The van der Waals surface area contributed by atoms with Gasteiger partial charge < -0.3 is 4.74 Å². The largest absolute Gasteiger partial charge is 0.427 e. The Hall–Kier alpha value is -2.39. The molecule has 0 radical (unpaired) electrons. The van der Waals surface area contributed by atoms with Crippen molar-refractivity contribution in [2.75, 3.05) is 0 Å². The molecule has 0 aliphatic heterocycles. The standard InChI is InChI=1S/C20H13BrO2/c1-12(22)23-16-5-9-18-14(11-16)3-7-19-17-8-4-15(21)10-13(17)2-6-20(18)19/h2-11H,1H3. The van der Waals surface area contributed by atoms with Crippen LogP contribution in [0, 0.1) is 0 Å². The summed E-state index contributed by atoms with van der Waals surface area (Å²) in [5.41, 5.74) is 0. The molecule has 0 atom stereocenters. The lowest BCUT2D eigenvalue weighted by atomic mass is 9.97. The molecule has 4 aromatic carbocycles. The minimum absolute atomic E-state index is 0.304. The molecule has 0 amide bonds. The number of esters is 1. The molecule has 0 aliphatic carbocycles. The quantitative estimate of drug-likeness (QED) is 0.241. The molecule has 0 bridgehead atoms. The molecule has 0 aromatic heterocycles. The lowest BCUT2D eigenvalue weighted by Gasteiger charge is -2.09. The molecule has 0 heterocycles. The van der Waals surface area contributed by atoms with E-state index in [2.05, 4.69) is 58.4 Å². The Morgan fingerprint density at radius 3 is 2.00 bits per heavy atom. The van der Waals surface area contributed by atoms with Gasteiger partial charge in [0.25, 0.3) is 0 Å². The van der Waals surface area contributed by atoms with Gasteiger partial charge in [-0.1, -0.05) is 52.3 Å². The third kappa shape index (κ3) is 2.47. The molecule has 4 rings (SSSR count).